The Morgan fingerprint density at radius 1 is 1.06 bits per heavy atom. The fourth-order valence-electron chi connectivity index (χ4n) is 6.20. The third-order valence-corrected chi connectivity index (χ3v) is 7.79. The van der Waals surface area contributed by atoms with Gasteiger partial charge in [0.05, 0.1) is 23.7 Å². The summed E-state index contributed by atoms with van der Waals surface area (Å²) >= 11 is 0. The van der Waals surface area contributed by atoms with Crippen LogP contribution in [0.5, 0.6) is 0 Å². The van der Waals surface area contributed by atoms with E-state index in [9.17, 15) is 9.59 Å². The van der Waals surface area contributed by atoms with Gasteiger partial charge in [0.25, 0.3) is 0 Å². The maximum absolute atomic E-state index is 13.3. The van der Waals surface area contributed by atoms with Crippen molar-refractivity contribution in [3.63, 3.8) is 0 Å². The molecule has 0 saturated heterocycles. The van der Waals surface area contributed by atoms with Crippen LogP contribution in [0, 0.1) is 5.92 Å². The highest BCUT2D eigenvalue weighted by Crippen LogP contribution is 2.49. The average molecular weight is 470 g/mol. The molecule has 0 spiro atoms. The SMILES string of the molecule is CNCc1c(C=O)c2c3ccccc3n3c2c2c1c1ccccc1n2C(C)(OC)C(C(=O)OC)C3. The number of hydrogen-bond donors (Lipinski definition) is 1. The number of hydrogen-bond acceptors (Lipinski definition) is 5. The number of para-hydroxylation sites is 2. The number of fused-ring (bicyclic) bond motifs is 6. The molecule has 1 N–H and O–H groups in total. The minimum absolute atomic E-state index is 0.343. The van der Waals surface area contributed by atoms with E-state index in [1.54, 1.807) is 7.11 Å². The van der Waals surface area contributed by atoms with E-state index in [1.807, 2.05) is 50.4 Å². The van der Waals surface area contributed by atoms with Crippen LogP contribution < -0.4 is 5.32 Å². The molecule has 6 rings (SSSR count). The lowest BCUT2D eigenvalue weighted by Gasteiger charge is -2.36. The Hall–Kier alpha value is -3.68. The number of nitrogens with one attached hydrogen (secondary N) is 1. The molecule has 3 aromatic carbocycles. The number of carbonyl (C=O) groups is 2. The number of methoxy groups -OCH3 is 2. The number of nitrogens with zero attached hydrogens (tertiary/aromatic N) is 2. The first-order valence-corrected chi connectivity index (χ1v) is 11.7. The lowest BCUT2D eigenvalue weighted by molar-refractivity contribution is -0.169. The molecule has 1 aliphatic rings. The van der Waals surface area contributed by atoms with Gasteiger partial charge in [-0.2, -0.15) is 0 Å². The fraction of sp³-hybridized carbons (Fsp3) is 0.286. The van der Waals surface area contributed by atoms with Gasteiger partial charge < -0.3 is 23.9 Å². The van der Waals surface area contributed by atoms with Gasteiger partial charge in [0, 0.05) is 52.8 Å². The number of aromatic nitrogens is 2. The summed E-state index contributed by atoms with van der Waals surface area (Å²) in [4.78, 5) is 26.0. The van der Waals surface area contributed by atoms with Gasteiger partial charge in [-0.05, 0) is 31.7 Å². The lowest BCUT2D eigenvalue weighted by Crippen LogP contribution is -2.45. The molecular formula is C28H27N3O4. The number of ether oxygens (including phenoxy) is 2. The van der Waals surface area contributed by atoms with E-state index in [1.165, 1.54) is 7.11 Å². The van der Waals surface area contributed by atoms with Crippen LogP contribution >= 0.6 is 0 Å². The molecule has 7 nitrogen and oxygen atoms in total. The second-order valence-electron chi connectivity index (χ2n) is 9.30. The van der Waals surface area contributed by atoms with E-state index in [4.69, 9.17) is 9.47 Å². The molecule has 2 aromatic heterocycles. The Morgan fingerprint density at radius 2 is 1.71 bits per heavy atom. The van der Waals surface area contributed by atoms with Gasteiger partial charge in [-0.25, -0.2) is 0 Å². The molecule has 0 bridgehead atoms. The number of aldehydes is 1. The van der Waals surface area contributed by atoms with E-state index in [0.717, 1.165) is 55.5 Å². The molecule has 5 aromatic rings. The molecule has 0 amide bonds. The highest BCUT2D eigenvalue weighted by molar-refractivity contribution is 6.28. The summed E-state index contributed by atoms with van der Waals surface area (Å²) in [5.41, 5.74) is 4.41. The molecule has 0 saturated carbocycles. The number of esters is 1. The summed E-state index contributed by atoms with van der Waals surface area (Å²) in [6.45, 7) is 2.83. The zero-order valence-corrected chi connectivity index (χ0v) is 20.2. The standard InChI is InChI=1S/C28H27N3O4/c1-28(35-4)20(27(33)34-3)14-30-21-11-7-5-9-16(21)24-19(15-32)18(13-29-2)23-17-10-6-8-12-22(17)31(28)26(23)25(24)30/h5-12,15,20,29H,13-14H2,1-4H3. The Labute approximate surface area is 202 Å². The molecular weight excluding hydrogens is 442 g/mol. The highest BCUT2D eigenvalue weighted by atomic mass is 16.5. The largest absolute Gasteiger partial charge is 0.469 e. The summed E-state index contributed by atoms with van der Waals surface area (Å²) in [5.74, 6) is -0.972. The normalized spacial score (nSPS) is 19.7. The Bertz CT molecular complexity index is 1680. The predicted octanol–water partition coefficient (Wildman–Crippen LogP) is 4.56. The van der Waals surface area contributed by atoms with E-state index in [0.29, 0.717) is 18.7 Å². The Balaban J connectivity index is 2.00. The van der Waals surface area contributed by atoms with Crippen LogP contribution in [0.15, 0.2) is 48.5 Å². The van der Waals surface area contributed by atoms with Crippen molar-refractivity contribution in [2.24, 2.45) is 5.92 Å². The van der Waals surface area contributed by atoms with Crippen LogP contribution in [-0.4, -0.2) is 42.7 Å². The predicted molar refractivity (Wildman–Crippen MR) is 137 cm³/mol. The van der Waals surface area contributed by atoms with E-state index in [-0.39, 0.29) is 5.97 Å². The molecule has 2 unspecified atom stereocenters. The van der Waals surface area contributed by atoms with Crippen LogP contribution in [0.3, 0.4) is 0 Å². The van der Waals surface area contributed by atoms with E-state index >= 15 is 0 Å². The van der Waals surface area contributed by atoms with Crippen LogP contribution in [0.4, 0.5) is 0 Å². The highest BCUT2D eigenvalue weighted by Gasteiger charge is 2.47. The molecule has 0 aliphatic carbocycles. The molecule has 3 heterocycles. The maximum Gasteiger partial charge on any atom is 0.315 e. The summed E-state index contributed by atoms with van der Waals surface area (Å²) in [6.07, 6.45) is 0.975. The number of rotatable bonds is 5. The van der Waals surface area contributed by atoms with Crippen molar-refractivity contribution in [2.45, 2.75) is 25.7 Å². The van der Waals surface area contributed by atoms with Crippen molar-refractivity contribution in [1.82, 2.24) is 14.5 Å². The van der Waals surface area contributed by atoms with Crippen molar-refractivity contribution >= 4 is 55.9 Å². The number of carbonyl (C=O) groups excluding carboxylic acids is 2. The summed E-state index contributed by atoms with van der Waals surface area (Å²) < 4.78 is 15.8. The van der Waals surface area contributed by atoms with Crippen molar-refractivity contribution in [3.8, 4) is 0 Å². The molecule has 2 atom stereocenters. The van der Waals surface area contributed by atoms with Crippen LogP contribution in [-0.2, 0) is 33.1 Å². The van der Waals surface area contributed by atoms with Crippen LogP contribution in [0.2, 0.25) is 0 Å². The van der Waals surface area contributed by atoms with Crippen molar-refractivity contribution < 1.29 is 19.1 Å². The smallest absolute Gasteiger partial charge is 0.315 e. The second kappa shape index (κ2) is 7.66. The first-order chi connectivity index (χ1) is 17.0. The number of benzene rings is 3. The average Bonchev–Trinajstić information content (AvgIpc) is 3.36. The van der Waals surface area contributed by atoms with Gasteiger partial charge in [0.1, 0.15) is 5.92 Å². The summed E-state index contributed by atoms with van der Waals surface area (Å²) in [6, 6.07) is 16.2. The van der Waals surface area contributed by atoms with E-state index in [2.05, 4.69) is 26.6 Å². The molecule has 1 aliphatic heterocycles. The van der Waals surface area contributed by atoms with Gasteiger partial charge in [-0.1, -0.05) is 36.4 Å². The van der Waals surface area contributed by atoms with E-state index < -0.39 is 11.6 Å². The van der Waals surface area contributed by atoms with Crippen molar-refractivity contribution in [2.75, 3.05) is 21.3 Å². The minimum Gasteiger partial charge on any atom is -0.469 e. The lowest BCUT2D eigenvalue weighted by atomic mass is 9.95. The first kappa shape index (κ1) is 21.8. The second-order valence-corrected chi connectivity index (χ2v) is 9.30. The first-order valence-electron chi connectivity index (χ1n) is 11.7. The van der Waals surface area contributed by atoms with Gasteiger partial charge in [-0.3, -0.25) is 9.59 Å². The van der Waals surface area contributed by atoms with Gasteiger partial charge in [-0.15, -0.1) is 0 Å². The Kier molecular flexibility index (Phi) is 4.78. The Morgan fingerprint density at radius 3 is 2.34 bits per heavy atom. The van der Waals surface area contributed by atoms with Crippen molar-refractivity contribution in [3.05, 3.63) is 59.7 Å². The monoisotopic (exact) mass is 469 g/mol. The molecule has 7 heteroatoms. The maximum atomic E-state index is 13.3. The van der Waals surface area contributed by atoms with Gasteiger partial charge >= 0.3 is 5.97 Å². The van der Waals surface area contributed by atoms with Crippen molar-refractivity contribution in [1.29, 1.82) is 0 Å². The fourth-order valence-corrected chi connectivity index (χ4v) is 6.20. The van der Waals surface area contributed by atoms with Crippen LogP contribution in [0.25, 0.3) is 43.6 Å². The topological polar surface area (TPSA) is 74.5 Å². The molecule has 35 heavy (non-hydrogen) atoms. The molecule has 178 valence electrons. The molecule has 0 fully saturated rings. The zero-order chi connectivity index (χ0) is 24.5. The zero-order valence-electron chi connectivity index (χ0n) is 20.2. The molecule has 0 radical (unpaired) electrons. The summed E-state index contributed by atoms with van der Waals surface area (Å²) in [7, 11) is 4.94. The summed E-state index contributed by atoms with van der Waals surface area (Å²) in [5, 5.41) is 7.18. The third-order valence-electron chi connectivity index (χ3n) is 7.79. The van der Waals surface area contributed by atoms with Crippen LogP contribution in [0.1, 0.15) is 22.8 Å². The van der Waals surface area contributed by atoms with Gasteiger partial charge in [0.15, 0.2) is 12.0 Å². The minimum atomic E-state index is -1.03. The quantitative estimate of drug-likeness (QED) is 0.302. The third kappa shape index (κ3) is 2.62. The van der Waals surface area contributed by atoms with Gasteiger partial charge in [0.2, 0.25) is 0 Å².